The number of carbonyl (C=O) groups is 2. The highest BCUT2D eigenvalue weighted by Gasteiger charge is 2.38. The largest absolute Gasteiger partial charge is 0.573 e. The molecular formula is C23H29F3N2O4. The minimum atomic E-state index is -4.73. The van der Waals surface area contributed by atoms with Crippen molar-refractivity contribution in [3.05, 3.63) is 35.9 Å². The van der Waals surface area contributed by atoms with Crippen LogP contribution < -0.4 is 4.74 Å². The highest BCUT2D eigenvalue weighted by molar-refractivity contribution is 5.91. The van der Waals surface area contributed by atoms with Crippen LogP contribution in [0.15, 0.2) is 30.3 Å². The Morgan fingerprint density at radius 1 is 0.969 bits per heavy atom. The predicted octanol–water partition coefficient (Wildman–Crippen LogP) is 4.70. The Balaban J connectivity index is 1.50. The maximum absolute atomic E-state index is 12.6. The number of carbonyl (C=O) groups excluding carboxylic acids is 2. The fraction of sp³-hybridized carbons (Fsp3) is 0.565. The summed E-state index contributed by atoms with van der Waals surface area (Å²) in [6.45, 7) is 8.03. The molecule has 2 aliphatic heterocycles. The normalized spacial score (nSPS) is 21.9. The molecule has 0 bridgehead atoms. The molecule has 2 amide bonds. The Morgan fingerprint density at radius 2 is 1.53 bits per heavy atom. The molecule has 2 heterocycles. The number of likely N-dealkylation sites (tertiary alicyclic amines) is 2. The van der Waals surface area contributed by atoms with E-state index in [-0.39, 0.29) is 17.7 Å². The molecule has 1 aromatic rings. The fourth-order valence-electron chi connectivity index (χ4n) is 4.10. The Kier molecular flexibility index (Phi) is 7.05. The molecule has 9 heteroatoms. The van der Waals surface area contributed by atoms with E-state index < -0.39 is 12.0 Å². The number of hydrogen-bond donors (Lipinski definition) is 0. The van der Waals surface area contributed by atoms with Gasteiger partial charge in [0.15, 0.2) is 0 Å². The SMILES string of the molecule is CC(C)(C)OC(=O)N1C[C@H]2CCN(C(=O)C=Cc3ccc(OC(F)(F)F)cc3)CC[C@H]2C1. The van der Waals surface area contributed by atoms with Gasteiger partial charge in [-0.15, -0.1) is 13.2 Å². The molecule has 0 radical (unpaired) electrons. The van der Waals surface area contributed by atoms with Crippen LogP contribution in [0.5, 0.6) is 5.75 Å². The van der Waals surface area contributed by atoms with Gasteiger partial charge in [0.2, 0.25) is 5.91 Å². The first kappa shape index (κ1) is 23.9. The summed E-state index contributed by atoms with van der Waals surface area (Å²) < 4.78 is 46.0. The first-order chi connectivity index (χ1) is 14.9. The van der Waals surface area contributed by atoms with Crippen molar-refractivity contribution >= 4 is 18.1 Å². The van der Waals surface area contributed by atoms with E-state index >= 15 is 0 Å². The number of amides is 2. The molecule has 176 valence electrons. The standard InChI is InChI=1S/C23H29F3N2O4/c1-22(2,3)32-21(30)28-14-17-10-12-27(13-11-18(17)15-28)20(29)9-6-16-4-7-19(8-5-16)31-23(24,25)26/h4-9,17-18H,10-15H2,1-3H3/t17-,18+. The Morgan fingerprint density at radius 3 is 2.03 bits per heavy atom. The van der Waals surface area contributed by atoms with Crippen LogP contribution in [0, 0.1) is 11.8 Å². The topological polar surface area (TPSA) is 59.1 Å². The van der Waals surface area contributed by atoms with Crippen molar-refractivity contribution in [1.82, 2.24) is 9.80 Å². The lowest BCUT2D eigenvalue weighted by molar-refractivity contribution is -0.274. The van der Waals surface area contributed by atoms with Crippen molar-refractivity contribution in [2.24, 2.45) is 11.8 Å². The van der Waals surface area contributed by atoms with Crippen molar-refractivity contribution in [2.75, 3.05) is 26.2 Å². The van der Waals surface area contributed by atoms with Crippen LogP contribution in [0.4, 0.5) is 18.0 Å². The van der Waals surface area contributed by atoms with Crippen LogP contribution in [0.1, 0.15) is 39.2 Å². The molecule has 6 nitrogen and oxygen atoms in total. The molecule has 2 aliphatic rings. The van der Waals surface area contributed by atoms with Crippen molar-refractivity contribution in [3.63, 3.8) is 0 Å². The lowest BCUT2D eigenvalue weighted by Gasteiger charge is -2.25. The summed E-state index contributed by atoms with van der Waals surface area (Å²) in [6.07, 6.45) is -0.376. The van der Waals surface area contributed by atoms with Gasteiger partial charge in [-0.2, -0.15) is 0 Å². The zero-order chi connectivity index (χ0) is 23.5. The van der Waals surface area contributed by atoms with Gasteiger partial charge in [0.05, 0.1) is 0 Å². The van der Waals surface area contributed by atoms with Crippen LogP contribution in [-0.4, -0.2) is 59.9 Å². The van der Waals surface area contributed by atoms with Crippen LogP contribution in [0.25, 0.3) is 6.08 Å². The predicted molar refractivity (Wildman–Crippen MR) is 113 cm³/mol. The minimum Gasteiger partial charge on any atom is -0.444 e. The monoisotopic (exact) mass is 454 g/mol. The van der Waals surface area contributed by atoms with Gasteiger partial charge >= 0.3 is 12.5 Å². The summed E-state index contributed by atoms with van der Waals surface area (Å²) >= 11 is 0. The lowest BCUT2D eigenvalue weighted by Crippen LogP contribution is -2.36. The van der Waals surface area contributed by atoms with E-state index in [1.54, 1.807) is 15.9 Å². The first-order valence-electron chi connectivity index (χ1n) is 10.7. The van der Waals surface area contributed by atoms with Gasteiger partial charge in [-0.3, -0.25) is 4.79 Å². The molecule has 0 aromatic heterocycles. The summed E-state index contributed by atoms with van der Waals surface area (Å²) in [5.41, 5.74) is 0.0794. The maximum Gasteiger partial charge on any atom is 0.573 e. The van der Waals surface area contributed by atoms with Crippen molar-refractivity contribution in [2.45, 2.75) is 45.6 Å². The van der Waals surface area contributed by atoms with Crippen molar-refractivity contribution in [3.8, 4) is 5.75 Å². The number of ether oxygens (including phenoxy) is 2. The quantitative estimate of drug-likeness (QED) is 0.621. The zero-order valence-corrected chi connectivity index (χ0v) is 18.5. The number of halogens is 3. The Bertz CT molecular complexity index is 830. The van der Waals surface area contributed by atoms with Gasteiger partial charge in [0.1, 0.15) is 11.4 Å². The fourth-order valence-corrected chi connectivity index (χ4v) is 4.10. The third kappa shape index (κ3) is 6.90. The molecule has 3 rings (SSSR count). The second kappa shape index (κ2) is 9.42. The van der Waals surface area contributed by atoms with Crippen LogP contribution in [0.3, 0.4) is 0 Å². The molecule has 2 atom stereocenters. The zero-order valence-electron chi connectivity index (χ0n) is 18.5. The van der Waals surface area contributed by atoms with E-state index in [0.717, 1.165) is 12.8 Å². The molecule has 1 aromatic carbocycles. The van der Waals surface area contributed by atoms with Crippen LogP contribution in [0.2, 0.25) is 0 Å². The first-order valence-corrected chi connectivity index (χ1v) is 10.7. The third-order valence-electron chi connectivity index (χ3n) is 5.61. The second-order valence-electron chi connectivity index (χ2n) is 9.26. The van der Waals surface area contributed by atoms with Crippen LogP contribution in [-0.2, 0) is 9.53 Å². The van der Waals surface area contributed by atoms with Gasteiger partial charge < -0.3 is 19.3 Å². The highest BCUT2D eigenvalue weighted by Crippen LogP contribution is 2.32. The lowest BCUT2D eigenvalue weighted by atomic mass is 9.92. The summed E-state index contributed by atoms with van der Waals surface area (Å²) in [5.74, 6) is 0.237. The number of alkyl halides is 3. The summed E-state index contributed by atoms with van der Waals surface area (Å²) in [5, 5.41) is 0. The Labute approximate surface area is 186 Å². The van der Waals surface area contributed by atoms with Gasteiger partial charge in [-0.05, 0) is 69.2 Å². The molecule has 0 unspecified atom stereocenters. The van der Waals surface area contributed by atoms with Crippen molar-refractivity contribution in [1.29, 1.82) is 0 Å². The number of fused-ring (bicyclic) bond motifs is 1. The molecule has 0 spiro atoms. The molecule has 0 aliphatic carbocycles. The Hall–Kier alpha value is -2.71. The van der Waals surface area contributed by atoms with Crippen LogP contribution >= 0.6 is 0 Å². The number of nitrogens with zero attached hydrogens (tertiary/aromatic N) is 2. The average Bonchev–Trinajstić information content (AvgIpc) is 2.98. The van der Waals surface area contributed by atoms with E-state index in [1.165, 1.54) is 30.3 Å². The van der Waals surface area contributed by atoms with E-state index in [9.17, 15) is 22.8 Å². The second-order valence-corrected chi connectivity index (χ2v) is 9.26. The van der Waals surface area contributed by atoms with E-state index in [0.29, 0.717) is 43.6 Å². The number of hydrogen-bond acceptors (Lipinski definition) is 4. The minimum absolute atomic E-state index is 0.135. The van der Waals surface area contributed by atoms with Gasteiger partial charge in [0, 0.05) is 32.3 Å². The molecule has 0 N–H and O–H groups in total. The molecule has 32 heavy (non-hydrogen) atoms. The molecule has 2 fully saturated rings. The summed E-state index contributed by atoms with van der Waals surface area (Å²) in [4.78, 5) is 28.5. The summed E-state index contributed by atoms with van der Waals surface area (Å²) in [6, 6.07) is 5.34. The van der Waals surface area contributed by atoms with E-state index in [1.807, 2.05) is 20.8 Å². The third-order valence-corrected chi connectivity index (χ3v) is 5.61. The summed E-state index contributed by atoms with van der Waals surface area (Å²) in [7, 11) is 0. The van der Waals surface area contributed by atoms with E-state index in [2.05, 4.69) is 4.74 Å². The number of rotatable bonds is 3. The van der Waals surface area contributed by atoms with Crippen molar-refractivity contribution < 1.29 is 32.2 Å². The average molecular weight is 454 g/mol. The molecule has 0 saturated carbocycles. The van der Waals surface area contributed by atoms with Gasteiger partial charge in [-0.25, -0.2) is 4.79 Å². The smallest absolute Gasteiger partial charge is 0.444 e. The number of benzene rings is 1. The molecule has 2 saturated heterocycles. The van der Waals surface area contributed by atoms with Gasteiger partial charge in [-0.1, -0.05) is 12.1 Å². The van der Waals surface area contributed by atoms with E-state index in [4.69, 9.17) is 4.74 Å². The van der Waals surface area contributed by atoms with Gasteiger partial charge in [0.25, 0.3) is 0 Å². The maximum atomic E-state index is 12.6. The highest BCUT2D eigenvalue weighted by atomic mass is 19.4. The molecular weight excluding hydrogens is 425 g/mol.